The summed E-state index contributed by atoms with van der Waals surface area (Å²) >= 11 is 0. The van der Waals surface area contributed by atoms with Crippen LogP contribution in [0.3, 0.4) is 0 Å². The number of anilines is 3. The molecule has 0 bridgehead atoms. The van der Waals surface area contributed by atoms with E-state index >= 15 is 0 Å². The number of carboxylic acids is 1. The van der Waals surface area contributed by atoms with Gasteiger partial charge in [0, 0.05) is 6.20 Å². The Bertz CT molecular complexity index is 745. The number of para-hydroxylation sites is 2. The third kappa shape index (κ3) is 2.29. The number of carbonyl (C=O) groups excluding carboxylic acids is 1. The standard InChI is InChI=1S/C14H12N4O3/c1-8-9(13(20)21)6-15-14(16-8)18-7-12(19)17-10-4-2-3-5-11(10)18/h2-6H,7H2,1H3,(H,17,19)(H,20,21). The van der Waals surface area contributed by atoms with Gasteiger partial charge in [-0.2, -0.15) is 0 Å². The van der Waals surface area contributed by atoms with Crippen molar-refractivity contribution in [3.8, 4) is 0 Å². The second kappa shape index (κ2) is 4.86. The monoisotopic (exact) mass is 284 g/mol. The lowest BCUT2D eigenvalue weighted by atomic mass is 10.2. The molecule has 1 aromatic carbocycles. The molecule has 2 N–H and O–H groups in total. The number of carboxylic acid groups (broad SMARTS) is 1. The minimum Gasteiger partial charge on any atom is -0.478 e. The van der Waals surface area contributed by atoms with E-state index in [4.69, 9.17) is 5.11 Å². The van der Waals surface area contributed by atoms with E-state index in [1.54, 1.807) is 17.9 Å². The summed E-state index contributed by atoms with van der Waals surface area (Å²) in [6.07, 6.45) is 1.26. The van der Waals surface area contributed by atoms with Crippen LogP contribution in [0.4, 0.5) is 17.3 Å². The fourth-order valence-corrected chi connectivity index (χ4v) is 2.21. The van der Waals surface area contributed by atoms with Crippen LogP contribution in [-0.4, -0.2) is 33.5 Å². The summed E-state index contributed by atoms with van der Waals surface area (Å²) in [5, 5.41) is 11.8. The Balaban J connectivity index is 2.07. The Morgan fingerprint density at radius 2 is 2.14 bits per heavy atom. The van der Waals surface area contributed by atoms with E-state index in [9.17, 15) is 9.59 Å². The first-order chi connectivity index (χ1) is 10.1. The molecule has 0 saturated heterocycles. The molecule has 0 radical (unpaired) electrons. The third-order valence-electron chi connectivity index (χ3n) is 3.21. The molecule has 0 atom stereocenters. The van der Waals surface area contributed by atoms with Gasteiger partial charge in [0.1, 0.15) is 6.54 Å². The summed E-state index contributed by atoms with van der Waals surface area (Å²) in [5.74, 6) is -0.937. The van der Waals surface area contributed by atoms with Gasteiger partial charge in [-0.3, -0.25) is 9.69 Å². The van der Waals surface area contributed by atoms with Crippen molar-refractivity contribution < 1.29 is 14.7 Å². The number of nitrogens with zero attached hydrogens (tertiary/aromatic N) is 3. The largest absolute Gasteiger partial charge is 0.478 e. The molecule has 2 heterocycles. The van der Waals surface area contributed by atoms with Gasteiger partial charge in [-0.05, 0) is 19.1 Å². The first kappa shape index (κ1) is 13.0. The van der Waals surface area contributed by atoms with E-state index < -0.39 is 5.97 Å². The highest BCUT2D eigenvalue weighted by molar-refractivity contribution is 6.02. The van der Waals surface area contributed by atoms with Gasteiger partial charge in [-0.15, -0.1) is 0 Å². The molecule has 0 fully saturated rings. The van der Waals surface area contributed by atoms with Crippen molar-refractivity contribution in [3.63, 3.8) is 0 Å². The van der Waals surface area contributed by atoms with Gasteiger partial charge >= 0.3 is 5.97 Å². The van der Waals surface area contributed by atoms with Crippen molar-refractivity contribution in [2.24, 2.45) is 0 Å². The number of amides is 1. The molecule has 21 heavy (non-hydrogen) atoms. The van der Waals surface area contributed by atoms with Gasteiger partial charge in [0.25, 0.3) is 0 Å². The number of nitrogens with one attached hydrogen (secondary N) is 1. The molecule has 0 spiro atoms. The van der Waals surface area contributed by atoms with Crippen LogP contribution in [0, 0.1) is 6.92 Å². The van der Waals surface area contributed by atoms with Crippen LogP contribution < -0.4 is 10.2 Å². The summed E-state index contributed by atoms with van der Waals surface area (Å²) in [5.41, 5.74) is 1.86. The van der Waals surface area contributed by atoms with Crippen LogP contribution in [0.5, 0.6) is 0 Å². The van der Waals surface area contributed by atoms with Gasteiger partial charge in [0.05, 0.1) is 22.6 Å². The highest BCUT2D eigenvalue weighted by Crippen LogP contribution is 2.32. The number of carbonyl (C=O) groups is 2. The molecule has 7 heteroatoms. The maximum absolute atomic E-state index is 11.8. The summed E-state index contributed by atoms with van der Waals surface area (Å²) in [6.45, 7) is 1.69. The van der Waals surface area contributed by atoms with Crippen molar-refractivity contribution in [1.29, 1.82) is 0 Å². The molecule has 106 valence electrons. The molecule has 1 aliphatic rings. The number of aromatic carboxylic acids is 1. The summed E-state index contributed by atoms with van der Waals surface area (Å²) in [7, 11) is 0. The predicted molar refractivity (Wildman–Crippen MR) is 75.8 cm³/mol. The minimum absolute atomic E-state index is 0.0495. The van der Waals surface area contributed by atoms with Gasteiger partial charge < -0.3 is 10.4 Å². The summed E-state index contributed by atoms with van der Waals surface area (Å²) < 4.78 is 0. The van der Waals surface area contributed by atoms with E-state index in [1.807, 2.05) is 18.2 Å². The maximum Gasteiger partial charge on any atom is 0.339 e. The van der Waals surface area contributed by atoms with Crippen LogP contribution in [0.2, 0.25) is 0 Å². The van der Waals surface area contributed by atoms with Crippen molar-refractivity contribution in [2.45, 2.75) is 6.92 Å². The van der Waals surface area contributed by atoms with Crippen LogP contribution in [0.25, 0.3) is 0 Å². The third-order valence-corrected chi connectivity index (χ3v) is 3.21. The second-order valence-corrected chi connectivity index (χ2v) is 4.63. The molecule has 7 nitrogen and oxygen atoms in total. The van der Waals surface area contributed by atoms with Gasteiger partial charge in [0.15, 0.2) is 0 Å². The number of rotatable bonds is 2. The number of aryl methyl sites for hydroxylation is 1. The van der Waals surface area contributed by atoms with Crippen molar-refractivity contribution in [3.05, 3.63) is 41.7 Å². The molecule has 0 saturated carbocycles. The minimum atomic E-state index is -1.07. The zero-order valence-electron chi connectivity index (χ0n) is 11.2. The first-order valence-corrected chi connectivity index (χ1v) is 6.29. The Morgan fingerprint density at radius 3 is 2.86 bits per heavy atom. The lowest BCUT2D eigenvalue weighted by molar-refractivity contribution is -0.115. The molecular weight excluding hydrogens is 272 g/mol. The van der Waals surface area contributed by atoms with Crippen molar-refractivity contribution in [1.82, 2.24) is 9.97 Å². The van der Waals surface area contributed by atoms with E-state index in [1.165, 1.54) is 6.20 Å². The van der Waals surface area contributed by atoms with Gasteiger partial charge in [0.2, 0.25) is 11.9 Å². The topological polar surface area (TPSA) is 95.4 Å². The lowest BCUT2D eigenvalue weighted by Gasteiger charge is -2.29. The molecule has 2 aromatic rings. The van der Waals surface area contributed by atoms with Crippen LogP contribution in [0.15, 0.2) is 30.5 Å². The highest BCUT2D eigenvalue weighted by atomic mass is 16.4. The normalized spacial score (nSPS) is 13.6. The van der Waals surface area contributed by atoms with E-state index in [0.717, 1.165) is 5.69 Å². The van der Waals surface area contributed by atoms with Gasteiger partial charge in [-0.25, -0.2) is 14.8 Å². The maximum atomic E-state index is 11.8. The number of fused-ring (bicyclic) bond motifs is 1. The second-order valence-electron chi connectivity index (χ2n) is 4.63. The lowest BCUT2D eigenvalue weighted by Crippen LogP contribution is -2.36. The predicted octanol–water partition coefficient (Wildman–Crippen LogP) is 1.57. The Morgan fingerprint density at radius 1 is 1.38 bits per heavy atom. The number of benzene rings is 1. The molecular formula is C14H12N4O3. The fourth-order valence-electron chi connectivity index (χ4n) is 2.21. The fraction of sp³-hybridized carbons (Fsp3) is 0.143. The zero-order valence-corrected chi connectivity index (χ0v) is 11.2. The Kier molecular flexibility index (Phi) is 3.02. The Labute approximate surface area is 120 Å². The van der Waals surface area contributed by atoms with E-state index in [-0.39, 0.29) is 18.0 Å². The summed E-state index contributed by atoms with van der Waals surface area (Å²) in [6, 6.07) is 7.31. The molecule has 1 amide bonds. The Hall–Kier alpha value is -2.96. The number of hydrogen-bond donors (Lipinski definition) is 2. The highest BCUT2D eigenvalue weighted by Gasteiger charge is 2.25. The average Bonchev–Trinajstić information content (AvgIpc) is 2.45. The van der Waals surface area contributed by atoms with E-state index in [0.29, 0.717) is 17.3 Å². The molecule has 0 unspecified atom stereocenters. The smallest absolute Gasteiger partial charge is 0.339 e. The molecule has 1 aromatic heterocycles. The zero-order chi connectivity index (χ0) is 15.0. The SMILES string of the molecule is Cc1nc(N2CC(=O)Nc3ccccc32)ncc1C(=O)O. The number of hydrogen-bond acceptors (Lipinski definition) is 5. The quantitative estimate of drug-likeness (QED) is 0.869. The average molecular weight is 284 g/mol. The molecule has 3 rings (SSSR count). The molecule has 0 aliphatic carbocycles. The molecule has 1 aliphatic heterocycles. The van der Waals surface area contributed by atoms with Crippen LogP contribution in [0.1, 0.15) is 16.1 Å². The summed E-state index contributed by atoms with van der Waals surface area (Å²) in [4.78, 5) is 32.7. The first-order valence-electron chi connectivity index (χ1n) is 6.29. The van der Waals surface area contributed by atoms with Crippen molar-refractivity contribution in [2.75, 3.05) is 16.8 Å². The number of aromatic nitrogens is 2. The van der Waals surface area contributed by atoms with Crippen molar-refractivity contribution >= 4 is 29.2 Å². The van der Waals surface area contributed by atoms with Crippen LogP contribution in [-0.2, 0) is 4.79 Å². The van der Waals surface area contributed by atoms with Gasteiger partial charge in [-0.1, -0.05) is 12.1 Å². The van der Waals surface area contributed by atoms with Crippen LogP contribution >= 0.6 is 0 Å². The van der Waals surface area contributed by atoms with E-state index in [2.05, 4.69) is 15.3 Å².